The van der Waals surface area contributed by atoms with E-state index in [0.29, 0.717) is 30.3 Å². The predicted octanol–water partition coefficient (Wildman–Crippen LogP) is 6.07. The van der Waals surface area contributed by atoms with Gasteiger partial charge in [0.05, 0.1) is 11.6 Å². The summed E-state index contributed by atoms with van der Waals surface area (Å²) in [5.74, 6) is 1.75. The van der Waals surface area contributed by atoms with Crippen molar-refractivity contribution in [3.63, 3.8) is 0 Å². The number of hydrogen-bond acceptors (Lipinski definition) is 5. The van der Waals surface area contributed by atoms with Crippen molar-refractivity contribution in [1.29, 1.82) is 0 Å². The first-order valence-corrected chi connectivity index (χ1v) is 13.6. The number of nitrogens with zero attached hydrogens (tertiary/aromatic N) is 2. The SMILES string of the molecule is CCC(=O)CCCCC[C@H](NC(=O)C12CCN(CC1)CC2)c1ncc(-c2ccc3ccccc3c2)o1. The Bertz CT molecular complexity index is 1200. The van der Waals surface area contributed by atoms with Crippen LogP contribution in [0.1, 0.15) is 76.6 Å². The Balaban J connectivity index is 1.31. The summed E-state index contributed by atoms with van der Waals surface area (Å²) < 4.78 is 6.27. The first-order chi connectivity index (χ1) is 17.6. The molecule has 2 aromatic carbocycles. The van der Waals surface area contributed by atoms with E-state index in [9.17, 15) is 9.59 Å². The number of nitrogens with one attached hydrogen (secondary N) is 1. The van der Waals surface area contributed by atoms with Gasteiger partial charge in [0.2, 0.25) is 11.8 Å². The molecule has 6 rings (SSSR count). The van der Waals surface area contributed by atoms with Crippen LogP contribution in [0.3, 0.4) is 0 Å². The molecule has 1 atom stereocenters. The highest BCUT2D eigenvalue weighted by molar-refractivity contribution is 5.86. The Morgan fingerprint density at radius 2 is 1.78 bits per heavy atom. The number of ketones is 1. The van der Waals surface area contributed by atoms with Gasteiger partial charge in [-0.25, -0.2) is 4.98 Å². The van der Waals surface area contributed by atoms with Crippen LogP contribution in [0, 0.1) is 5.41 Å². The number of unbranched alkanes of at least 4 members (excludes halogenated alkanes) is 2. The number of carbonyl (C=O) groups excluding carboxylic acids is 2. The summed E-state index contributed by atoms with van der Waals surface area (Å²) in [4.78, 5) is 32.3. The molecule has 0 saturated carbocycles. The third-order valence-corrected chi connectivity index (χ3v) is 8.21. The van der Waals surface area contributed by atoms with E-state index in [1.807, 2.05) is 19.1 Å². The Hall–Kier alpha value is -2.99. The second-order valence-electron chi connectivity index (χ2n) is 10.5. The molecule has 0 spiro atoms. The van der Waals surface area contributed by atoms with Gasteiger partial charge in [0.15, 0.2) is 5.76 Å². The molecule has 1 aromatic heterocycles. The summed E-state index contributed by atoms with van der Waals surface area (Å²) in [6.07, 6.45) is 9.32. The van der Waals surface area contributed by atoms with Gasteiger partial charge in [-0.1, -0.05) is 56.2 Å². The molecule has 3 aliphatic heterocycles. The lowest BCUT2D eigenvalue weighted by Gasteiger charge is -2.47. The normalized spacial score (nSPS) is 22.0. The number of oxazole rings is 1. The molecule has 1 N–H and O–H groups in total. The van der Waals surface area contributed by atoms with Crippen molar-refractivity contribution < 1.29 is 14.0 Å². The van der Waals surface area contributed by atoms with Crippen LogP contribution in [-0.2, 0) is 9.59 Å². The Kier molecular flexibility index (Phi) is 7.51. The fourth-order valence-electron chi connectivity index (χ4n) is 5.69. The van der Waals surface area contributed by atoms with E-state index in [1.165, 1.54) is 5.39 Å². The van der Waals surface area contributed by atoms with Crippen LogP contribution in [0.15, 0.2) is 53.1 Å². The zero-order valence-corrected chi connectivity index (χ0v) is 21.3. The van der Waals surface area contributed by atoms with Crippen LogP contribution in [0.5, 0.6) is 0 Å². The zero-order valence-electron chi connectivity index (χ0n) is 21.3. The van der Waals surface area contributed by atoms with E-state index in [0.717, 1.165) is 75.5 Å². The molecule has 4 heterocycles. The standard InChI is InChI=1S/C30H37N3O3/c1-2-25(34)10-4-3-5-11-26(32-29(35)30-14-17-33(18-15-30)19-16-30)28-31-21-27(36-28)24-13-12-22-8-6-7-9-23(22)20-24/h6-9,12-13,20-21,26H,2-5,10-11,14-19H2,1H3,(H,32,35)/t26-/m0/s1. The molecule has 3 aliphatic rings. The molecule has 1 amide bonds. The number of hydrogen-bond donors (Lipinski definition) is 1. The Morgan fingerprint density at radius 1 is 1.03 bits per heavy atom. The lowest BCUT2D eigenvalue weighted by molar-refractivity contribution is -0.139. The maximum atomic E-state index is 13.6. The minimum absolute atomic E-state index is 0.151. The van der Waals surface area contributed by atoms with E-state index >= 15 is 0 Å². The average Bonchev–Trinajstić information content (AvgIpc) is 3.43. The number of piperidine rings is 3. The number of fused-ring (bicyclic) bond motifs is 4. The van der Waals surface area contributed by atoms with Gasteiger partial charge in [0.25, 0.3) is 0 Å². The van der Waals surface area contributed by atoms with Gasteiger partial charge in [0, 0.05) is 18.4 Å². The van der Waals surface area contributed by atoms with Gasteiger partial charge in [-0.05, 0) is 68.6 Å². The summed E-state index contributed by atoms with van der Waals surface area (Å²) >= 11 is 0. The third kappa shape index (κ3) is 5.39. The minimum atomic E-state index is -0.261. The number of carbonyl (C=O) groups is 2. The predicted molar refractivity (Wildman–Crippen MR) is 141 cm³/mol. The van der Waals surface area contributed by atoms with Crippen molar-refractivity contribution in [3.05, 3.63) is 54.6 Å². The van der Waals surface area contributed by atoms with Crippen molar-refractivity contribution in [2.45, 2.75) is 70.8 Å². The fourth-order valence-corrected chi connectivity index (χ4v) is 5.69. The van der Waals surface area contributed by atoms with Gasteiger partial charge in [-0.2, -0.15) is 0 Å². The van der Waals surface area contributed by atoms with Crippen LogP contribution in [-0.4, -0.2) is 41.2 Å². The molecular formula is C30H37N3O3. The van der Waals surface area contributed by atoms with Crippen LogP contribution >= 0.6 is 0 Å². The molecule has 6 heteroatoms. The van der Waals surface area contributed by atoms with Crippen molar-refractivity contribution in [1.82, 2.24) is 15.2 Å². The smallest absolute Gasteiger partial charge is 0.227 e. The highest BCUT2D eigenvalue weighted by Gasteiger charge is 2.45. The van der Waals surface area contributed by atoms with Gasteiger partial charge < -0.3 is 14.6 Å². The highest BCUT2D eigenvalue weighted by atomic mass is 16.4. The minimum Gasteiger partial charge on any atom is -0.438 e. The van der Waals surface area contributed by atoms with E-state index in [4.69, 9.17) is 4.42 Å². The first kappa shape index (κ1) is 24.7. The summed E-state index contributed by atoms with van der Waals surface area (Å²) in [6, 6.07) is 14.3. The number of Topliss-reactive ketones (excluding diaryl/α,β-unsaturated/α-hetero) is 1. The number of benzene rings is 2. The molecule has 0 aliphatic carbocycles. The topological polar surface area (TPSA) is 75.4 Å². The van der Waals surface area contributed by atoms with Gasteiger partial charge >= 0.3 is 0 Å². The van der Waals surface area contributed by atoms with Crippen LogP contribution < -0.4 is 5.32 Å². The summed E-state index contributed by atoms with van der Waals surface area (Å²) in [7, 11) is 0. The Labute approximate surface area is 213 Å². The fraction of sp³-hybridized carbons (Fsp3) is 0.500. The monoisotopic (exact) mass is 487 g/mol. The van der Waals surface area contributed by atoms with Gasteiger partial charge in [-0.3, -0.25) is 9.59 Å². The van der Waals surface area contributed by atoms with Crippen molar-refractivity contribution in [2.75, 3.05) is 19.6 Å². The first-order valence-electron chi connectivity index (χ1n) is 13.6. The molecule has 36 heavy (non-hydrogen) atoms. The van der Waals surface area contributed by atoms with Crippen molar-refractivity contribution in [2.24, 2.45) is 5.41 Å². The average molecular weight is 488 g/mol. The van der Waals surface area contributed by atoms with Crippen LogP contribution in [0.25, 0.3) is 22.1 Å². The lowest BCUT2D eigenvalue weighted by atomic mass is 9.71. The van der Waals surface area contributed by atoms with Crippen molar-refractivity contribution in [3.8, 4) is 11.3 Å². The molecule has 0 radical (unpaired) electrons. The van der Waals surface area contributed by atoms with E-state index in [2.05, 4.69) is 45.5 Å². The van der Waals surface area contributed by atoms with E-state index in [-0.39, 0.29) is 17.4 Å². The van der Waals surface area contributed by atoms with Crippen LogP contribution in [0.4, 0.5) is 0 Å². The molecule has 3 saturated heterocycles. The number of rotatable bonds is 11. The quantitative estimate of drug-likeness (QED) is 0.332. The molecule has 0 unspecified atom stereocenters. The second kappa shape index (κ2) is 11.0. The molecular weight excluding hydrogens is 450 g/mol. The van der Waals surface area contributed by atoms with E-state index < -0.39 is 0 Å². The zero-order chi connectivity index (χ0) is 25.0. The van der Waals surface area contributed by atoms with Gasteiger partial charge in [-0.15, -0.1) is 0 Å². The maximum Gasteiger partial charge on any atom is 0.227 e. The van der Waals surface area contributed by atoms with Crippen molar-refractivity contribution >= 4 is 22.5 Å². The number of aromatic nitrogens is 1. The summed E-state index contributed by atoms with van der Waals surface area (Å²) in [6.45, 7) is 4.94. The molecule has 6 nitrogen and oxygen atoms in total. The molecule has 3 fully saturated rings. The molecule has 2 bridgehead atoms. The third-order valence-electron chi connectivity index (χ3n) is 8.21. The largest absolute Gasteiger partial charge is 0.438 e. The summed E-state index contributed by atoms with van der Waals surface area (Å²) in [5, 5.41) is 5.68. The van der Waals surface area contributed by atoms with Crippen LogP contribution in [0.2, 0.25) is 0 Å². The molecule has 190 valence electrons. The summed E-state index contributed by atoms with van der Waals surface area (Å²) in [5.41, 5.74) is 0.725. The number of amides is 1. The maximum absolute atomic E-state index is 13.6. The highest BCUT2D eigenvalue weighted by Crippen LogP contribution is 2.41. The second-order valence-corrected chi connectivity index (χ2v) is 10.5. The molecule has 3 aromatic rings. The van der Waals surface area contributed by atoms with Gasteiger partial charge in [0.1, 0.15) is 11.8 Å². The van der Waals surface area contributed by atoms with E-state index in [1.54, 1.807) is 6.20 Å². The Morgan fingerprint density at radius 3 is 2.53 bits per heavy atom. The lowest BCUT2D eigenvalue weighted by Crippen LogP contribution is -2.55.